The summed E-state index contributed by atoms with van der Waals surface area (Å²) >= 11 is 1.96. The second kappa shape index (κ2) is 5.67. The summed E-state index contributed by atoms with van der Waals surface area (Å²) in [7, 11) is 0. The zero-order chi connectivity index (χ0) is 16.2. The Morgan fingerprint density at radius 2 is 1.77 bits per heavy atom. The third kappa shape index (κ3) is 3.23. The van der Waals surface area contributed by atoms with Gasteiger partial charge in [-0.2, -0.15) is 11.8 Å². The van der Waals surface area contributed by atoms with Gasteiger partial charge in [-0.15, -0.1) is 0 Å². The molecule has 128 valence electrons. The molecule has 0 spiro atoms. The lowest BCUT2D eigenvalue weighted by Crippen LogP contribution is -2.62. The molecule has 4 aliphatic rings. The smallest absolute Gasteiger partial charge is 0.0659 e. The highest BCUT2D eigenvalue weighted by Crippen LogP contribution is 2.62. The van der Waals surface area contributed by atoms with E-state index in [1.54, 1.807) is 0 Å². The monoisotopic (exact) mass is 325 g/mol. The molecule has 22 heavy (non-hydrogen) atoms. The van der Waals surface area contributed by atoms with Crippen LogP contribution in [-0.4, -0.2) is 33.8 Å². The second-order valence-corrected chi connectivity index (χ2v) is 11.0. The molecule has 4 rings (SSSR count). The zero-order valence-electron chi connectivity index (χ0n) is 15.1. The summed E-state index contributed by atoms with van der Waals surface area (Å²) in [6.45, 7) is 9.41. The number of aliphatic hydroxyl groups is 1. The van der Waals surface area contributed by atoms with Crippen molar-refractivity contribution in [1.82, 2.24) is 5.32 Å². The van der Waals surface area contributed by atoms with Crippen LogP contribution in [0.1, 0.15) is 72.6 Å². The van der Waals surface area contributed by atoms with E-state index in [1.807, 2.05) is 11.8 Å². The molecular formula is C19H35NOS. The third-order valence-electron chi connectivity index (χ3n) is 6.88. The normalized spacial score (nSPS) is 43.4. The molecule has 0 radical (unpaired) electrons. The van der Waals surface area contributed by atoms with Crippen molar-refractivity contribution in [2.24, 2.45) is 17.3 Å². The Kier molecular flexibility index (Phi) is 4.41. The number of thioether (sulfide) groups is 1. The van der Waals surface area contributed by atoms with Crippen LogP contribution in [0.5, 0.6) is 0 Å². The van der Waals surface area contributed by atoms with Gasteiger partial charge in [0.1, 0.15) is 0 Å². The fourth-order valence-electron chi connectivity index (χ4n) is 6.27. The molecule has 4 fully saturated rings. The van der Waals surface area contributed by atoms with Crippen LogP contribution in [0.15, 0.2) is 0 Å². The van der Waals surface area contributed by atoms with Gasteiger partial charge in [-0.3, -0.25) is 0 Å². The lowest BCUT2D eigenvalue weighted by molar-refractivity contribution is -0.172. The van der Waals surface area contributed by atoms with Crippen LogP contribution in [0.25, 0.3) is 0 Å². The van der Waals surface area contributed by atoms with Crippen molar-refractivity contribution >= 4 is 11.8 Å². The highest BCUT2D eigenvalue weighted by Gasteiger charge is 2.58. The van der Waals surface area contributed by atoms with Crippen molar-refractivity contribution in [2.75, 3.05) is 6.26 Å². The maximum Gasteiger partial charge on any atom is 0.0659 e. The van der Waals surface area contributed by atoms with Crippen molar-refractivity contribution in [1.29, 1.82) is 0 Å². The van der Waals surface area contributed by atoms with Gasteiger partial charge < -0.3 is 10.4 Å². The van der Waals surface area contributed by atoms with E-state index in [0.29, 0.717) is 22.2 Å². The van der Waals surface area contributed by atoms with E-state index in [-0.39, 0.29) is 5.60 Å². The molecule has 3 heteroatoms. The quantitative estimate of drug-likeness (QED) is 0.767. The average Bonchev–Trinajstić information content (AvgIpc) is 2.34. The average molecular weight is 326 g/mol. The molecule has 4 saturated carbocycles. The molecule has 0 aromatic heterocycles. The topological polar surface area (TPSA) is 32.3 Å². The molecule has 4 bridgehead atoms. The van der Waals surface area contributed by atoms with E-state index in [2.05, 4.69) is 39.3 Å². The first-order chi connectivity index (χ1) is 10.2. The van der Waals surface area contributed by atoms with Crippen LogP contribution >= 0.6 is 11.8 Å². The molecule has 0 saturated heterocycles. The standard InChI is InChI=1S/C19H35NOS/c1-13(7-17(3,4)22-5)20-14(2)18-8-15-6-16(9-18)11-19(21,10-15)12-18/h13-16,20-21H,6-12H2,1-5H3/t13-,14+,15-,16-,18?,19?/m0/s1. The first kappa shape index (κ1) is 17.1. The number of hydrogen-bond donors (Lipinski definition) is 2. The molecule has 0 heterocycles. The van der Waals surface area contributed by atoms with Crippen LogP contribution in [-0.2, 0) is 0 Å². The minimum Gasteiger partial charge on any atom is -0.390 e. The van der Waals surface area contributed by atoms with Crippen molar-refractivity contribution in [2.45, 2.75) is 95.1 Å². The van der Waals surface area contributed by atoms with Crippen LogP contribution in [0.2, 0.25) is 0 Å². The van der Waals surface area contributed by atoms with Gasteiger partial charge in [0.25, 0.3) is 0 Å². The summed E-state index contributed by atoms with van der Waals surface area (Å²) < 4.78 is 0.339. The highest BCUT2D eigenvalue weighted by atomic mass is 32.2. The Hall–Kier alpha value is 0.270. The molecular weight excluding hydrogens is 290 g/mol. The SMILES string of the molecule is CSC(C)(C)C[C@H](C)N[C@H](C)C12C[C@@H]3C[C@H](CC(O)(C3)C1)C2. The molecule has 0 aromatic rings. The maximum absolute atomic E-state index is 10.9. The van der Waals surface area contributed by atoms with Gasteiger partial charge in [0, 0.05) is 16.8 Å². The number of rotatable bonds is 6. The molecule has 0 aromatic carbocycles. The van der Waals surface area contributed by atoms with Crippen molar-refractivity contribution in [3.8, 4) is 0 Å². The fourth-order valence-corrected chi connectivity index (χ4v) is 6.69. The maximum atomic E-state index is 10.9. The van der Waals surface area contributed by atoms with Crippen LogP contribution in [0.3, 0.4) is 0 Å². The Bertz CT molecular complexity index is 408. The lowest BCUT2D eigenvalue weighted by atomic mass is 9.46. The van der Waals surface area contributed by atoms with E-state index in [4.69, 9.17) is 0 Å². The molecule has 4 atom stereocenters. The Morgan fingerprint density at radius 1 is 1.18 bits per heavy atom. The minimum absolute atomic E-state index is 0.332. The second-order valence-electron chi connectivity index (χ2n) is 9.51. The van der Waals surface area contributed by atoms with E-state index < -0.39 is 0 Å². The molecule has 2 N–H and O–H groups in total. The zero-order valence-corrected chi connectivity index (χ0v) is 15.9. The van der Waals surface area contributed by atoms with E-state index in [9.17, 15) is 5.11 Å². The van der Waals surface area contributed by atoms with Gasteiger partial charge in [0.15, 0.2) is 0 Å². The predicted molar refractivity (Wildman–Crippen MR) is 96.3 cm³/mol. The molecule has 0 unspecified atom stereocenters. The van der Waals surface area contributed by atoms with E-state index in [0.717, 1.165) is 31.1 Å². The van der Waals surface area contributed by atoms with Gasteiger partial charge in [-0.1, -0.05) is 13.8 Å². The summed E-state index contributed by atoms with van der Waals surface area (Å²) in [6.07, 6.45) is 10.7. The van der Waals surface area contributed by atoms with Crippen molar-refractivity contribution in [3.05, 3.63) is 0 Å². The Labute approximate surface area is 141 Å². The summed E-state index contributed by atoms with van der Waals surface area (Å²) in [6, 6.07) is 1.07. The molecule has 2 nitrogen and oxygen atoms in total. The Morgan fingerprint density at radius 3 is 2.27 bits per heavy atom. The predicted octanol–water partition coefficient (Wildman–Crippen LogP) is 4.22. The molecule has 0 aliphatic heterocycles. The van der Waals surface area contributed by atoms with E-state index in [1.165, 1.54) is 25.7 Å². The largest absolute Gasteiger partial charge is 0.390 e. The summed E-state index contributed by atoms with van der Waals surface area (Å²) in [5, 5.41) is 14.9. The number of nitrogens with one attached hydrogen (secondary N) is 1. The lowest BCUT2D eigenvalue weighted by Gasteiger charge is -2.62. The first-order valence-corrected chi connectivity index (χ1v) is 10.4. The molecule has 0 amide bonds. The summed E-state index contributed by atoms with van der Waals surface area (Å²) in [5.74, 6) is 1.57. The summed E-state index contributed by atoms with van der Waals surface area (Å²) in [4.78, 5) is 0. The molecule has 4 aliphatic carbocycles. The van der Waals surface area contributed by atoms with Crippen LogP contribution in [0.4, 0.5) is 0 Å². The highest BCUT2D eigenvalue weighted by molar-refractivity contribution is 7.99. The van der Waals surface area contributed by atoms with Crippen molar-refractivity contribution in [3.63, 3.8) is 0 Å². The van der Waals surface area contributed by atoms with Gasteiger partial charge >= 0.3 is 0 Å². The van der Waals surface area contributed by atoms with Gasteiger partial charge in [0.2, 0.25) is 0 Å². The van der Waals surface area contributed by atoms with Gasteiger partial charge in [0.05, 0.1) is 5.60 Å². The van der Waals surface area contributed by atoms with Crippen LogP contribution in [0, 0.1) is 17.3 Å². The van der Waals surface area contributed by atoms with Crippen molar-refractivity contribution < 1.29 is 5.11 Å². The van der Waals surface area contributed by atoms with Gasteiger partial charge in [-0.25, -0.2) is 0 Å². The Balaban J connectivity index is 1.66. The van der Waals surface area contributed by atoms with Crippen LogP contribution < -0.4 is 5.32 Å². The minimum atomic E-state index is -0.332. The number of hydrogen-bond acceptors (Lipinski definition) is 3. The first-order valence-electron chi connectivity index (χ1n) is 9.19. The van der Waals surface area contributed by atoms with Gasteiger partial charge in [-0.05, 0) is 82.3 Å². The van der Waals surface area contributed by atoms with E-state index >= 15 is 0 Å². The third-order valence-corrected chi connectivity index (χ3v) is 8.15. The summed E-state index contributed by atoms with van der Waals surface area (Å²) in [5.41, 5.74) is 0.0262. The fraction of sp³-hybridized carbons (Fsp3) is 1.00.